The van der Waals surface area contributed by atoms with Crippen molar-refractivity contribution < 1.29 is 4.39 Å². The second kappa shape index (κ2) is 7.24. The fraction of sp³-hybridized carbons (Fsp3) is 0.389. The van der Waals surface area contributed by atoms with E-state index in [-0.39, 0.29) is 11.2 Å². The Morgan fingerprint density at radius 2 is 2.11 bits per heavy atom. The van der Waals surface area contributed by atoms with Crippen LogP contribution >= 0.6 is 11.3 Å². The summed E-state index contributed by atoms with van der Waals surface area (Å²) < 4.78 is 14.3. The smallest absolute Gasteiger partial charge is 0.242 e. The lowest BCUT2D eigenvalue weighted by Gasteiger charge is -2.46. The van der Waals surface area contributed by atoms with Gasteiger partial charge in [0, 0.05) is 35.8 Å². The molecule has 7 nitrogen and oxygen atoms in total. The third-order valence-corrected chi connectivity index (χ3v) is 5.90. The zero-order valence-corrected chi connectivity index (χ0v) is 15.7. The van der Waals surface area contributed by atoms with Gasteiger partial charge in [-0.05, 0) is 30.9 Å². The standard InChI is InChI=1S/C18H20FN7S/c1-11-5-18(6-11,15-13(19)3-2-4-21-15)10-24-17-23-9-14(25-26-17)16-22-8-12(7-20)27-16/h2-4,8-9,11H,5-7,10,20H2,1H3,(H,23,24,26). The van der Waals surface area contributed by atoms with Gasteiger partial charge in [-0.3, -0.25) is 4.98 Å². The summed E-state index contributed by atoms with van der Waals surface area (Å²) in [4.78, 5) is 13.9. The van der Waals surface area contributed by atoms with E-state index in [1.165, 1.54) is 17.4 Å². The van der Waals surface area contributed by atoms with Gasteiger partial charge in [0.1, 0.15) is 16.5 Å². The maximum atomic E-state index is 14.3. The molecule has 0 bridgehead atoms. The molecule has 3 N–H and O–H groups in total. The van der Waals surface area contributed by atoms with E-state index in [0.29, 0.717) is 36.3 Å². The molecular weight excluding hydrogens is 365 g/mol. The predicted octanol–water partition coefficient (Wildman–Crippen LogP) is 2.77. The van der Waals surface area contributed by atoms with Gasteiger partial charge >= 0.3 is 0 Å². The Labute approximate surface area is 160 Å². The lowest BCUT2D eigenvalue weighted by atomic mass is 9.60. The molecule has 140 valence electrons. The number of halogens is 1. The Balaban J connectivity index is 1.48. The molecular formula is C18H20FN7S. The topological polar surface area (TPSA) is 102 Å². The molecule has 0 saturated heterocycles. The zero-order valence-electron chi connectivity index (χ0n) is 14.9. The first-order chi connectivity index (χ1) is 13.1. The molecule has 0 atom stereocenters. The van der Waals surface area contributed by atoms with Gasteiger partial charge in [-0.2, -0.15) is 0 Å². The molecule has 0 radical (unpaired) electrons. The highest BCUT2D eigenvalue weighted by Gasteiger charge is 2.46. The van der Waals surface area contributed by atoms with Crippen LogP contribution in [0.3, 0.4) is 0 Å². The van der Waals surface area contributed by atoms with Crippen molar-refractivity contribution in [1.29, 1.82) is 0 Å². The number of nitrogens with zero attached hydrogens (tertiary/aromatic N) is 5. The molecule has 3 heterocycles. The van der Waals surface area contributed by atoms with Crippen LogP contribution in [0.15, 0.2) is 30.7 Å². The lowest BCUT2D eigenvalue weighted by molar-refractivity contribution is 0.159. The molecule has 27 heavy (non-hydrogen) atoms. The molecule has 1 fully saturated rings. The van der Waals surface area contributed by atoms with Crippen LogP contribution in [0.2, 0.25) is 0 Å². The largest absolute Gasteiger partial charge is 0.352 e. The molecule has 3 aromatic rings. The highest BCUT2D eigenvalue weighted by molar-refractivity contribution is 7.14. The molecule has 0 unspecified atom stereocenters. The molecule has 0 spiro atoms. The fourth-order valence-electron chi connectivity index (χ4n) is 3.69. The number of pyridine rings is 1. The van der Waals surface area contributed by atoms with Crippen LogP contribution in [0, 0.1) is 11.7 Å². The summed E-state index contributed by atoms with van der Waals surface area (Å²) in [7, 11) is 0. The number of thiazole rings is 1. The Hall–Kier alpha value is -2.52. The van der Waals surface area contributed by atoms with E-state index in [1.807, 2.05) is 0 Å². The summed E-state index contributed by atoms with van der Waals surface area (Å²) in [6.07, 6.45) is 6.75. The van der Waals surface area contributed by atoms with Gasteiger partial charge in [0.05, 0.1) is 11.9 Å². The van der Waals surface area contributed by atoms with E-state index in [2.05, 4.69) is 37.4 Å². The third kappa shape index (κ3) is 3.52. The van der Waals surface area contributed by atoms with Crippen molar-refractivity contribution in [2.24, 2.45) is 11.7 Å². The van der Waals surface area contributed by atoms with Gasteiger partial charge in [0.25, 0.3) is 0 Å². The number of hydrogen-bond donors (Lipinski definition) is 2. The summed E-state index contributed by atoms with van der Waals surface area (Å²) in [5.74, 6) is 0.681. The number of rotatable bonds is 6. The van der Waals surface area contributed by atoms with Crippen molar-refractivity contribution in [3.63, 3.8) is 0 Å². The summed E-state index contributed by atoms with van der Waals surface area (Å²) in [6.45, 7) is 3.12. The van der Waals surface area contributed by atoms with E-state index < -0.39 is 0 Å². The minimum atomic E-state index is -0.335. The maximum absolute atomic E-state index is 14.3. The van der Waals surface area contributed by atoms with E-state index in [9.17, 15) is 4.39 Å². The number of hydrogen-bond acceptors (Lipinski definition) is 8. The Bertz CT molecular complexity index is 921. The quantitative estimate of drug-likeness (QED) is 0.672. The summed E-state index contributed by atoms with van der Waals surface area (Å²) in [5.41, 5.74) is 6.39. The van der Waals surface area contributed by atoms with E-state index in [4.69, 9.17) is 5.73 Å². The second-order valence-corrected chi connectivity index (χ2v) is 8.10. The van der Waals surface area contributed by atoms with Crippen molar-refractivity contribution in [2.45, 2.75) is 31.7 Å². The molecule has 4 rings (SSSR count). The average Bonchev–Trinajstić information content (AvgIpc) is 3.14. The van der Waals surface area contributed by atoms with Crippen molar-refractivity contribution in [3.05, 3.63) is 47.1 Å². The minimum Gasteiger partial charge on any atom is -0.352 e. The van der Waals surface area contributed by atoms with Crippen LogP contribution < -0.4 is 11.1 Å². The van der Waals surface area contributed by atoms with Gasteiger partial charge in [0.15, 0.2) is 0 Å². The van der Waals surface area contributed by atoms with Crippen molar-refractivity contribution >= 4 is 17.3 Å². The molecule has 0 aromatic carbocycles. The maximum Gasteiger partial charge on any atom is 0.242 e. The number of anilines is 1. The Morgan fingerprint density at radius 1 is 1.26 bits per heavy atom. The number of aromatic nitrogens is 5. The van der Waals surface area contributed by atoms with E-state index in [0.717, 1.165) is 22.7 Å². The third-order valence-electron chi connectivity index (χ3n) is 4.86. The minimum absolute atomic E-state index is 0.264. The van der Waals surface area contributed by atoms with Gasteiger partial charge in [-0.25, -0.2) is 14.4 Å². The first kappa shape index (κ1) is 17.9. The molecule has 0 aliphatic heterocycles. The van der Waals surface area contributed by atoms with Crippen molar-refractivity contribution in [1.82, 2.24) is 25.1 Å². The SMILES string of the molecule is CC1CC(CNc2ncc(-c3ncc(CN)s3)nn2)(c2ncccc2F)C1. The van der Waals surface area contributed by atoms with Gasteiger partial charge in [-0.15, -0.1) is 21.5 Å². The van der Waals surface area contributed by atoms with Crippen LogP contribution in [-0.4, -0.2) is 31.7 Å². The van der Waals surface area contributed by atoms with Gasteiger partial charge in [0.2, 0.25) is 5.95 Å². The van der Waals surface area contributed by atoms with Crippen LogP contribution in [0.4, 0.5) is 10.3 Å². The van der Waals surface area contributed by atoms with Crippen LogP contribution in [-0.2, 0) is 12.0 Å². The molecule has 1 aliphatic rings. The van der Waals surface area contributed by atoms with E-state index >= 15 is 0 Å². The van der Waals surface area contributed by atoms with E-state index in [1.54, 1.807) is 24.7 Å². The highest BCUT2D eigenvalue weighted by Crippen LogP contribution is 2.47. The van der Waals surface area contributed by atoms with Crippen LogP contribution in [0.25, 0.3) is 10.7 Å². The van der Waals surface area contributed by atoms with Crippen molar-refractivity contribution in [3.8, 4) is 10.7 Å². The fourth-order valence-corrected chi connectivity index (χ4v) is 4.43. The molecule has 9 heteroatoms. The summed E-state index contributed by atoms with van der Waals surface area (Å²) >= 11 is 1.47. The lowest BCUT2D eigenvalue weighted by Crippen LogP contribution is -2.47. The average molecular weight is 385 g/mol. The molecule has 1 saturated carbocycles. The Morgan fingerprint density at radius 3 is 2.74 bits per heavy atom. The summed E-state index contributed by atoms with van der Waals surface area (Å²) in [5, 5.41) is 12.3. The van der Waals surface area contributed by atoms with Crippen LogP contribution in [0.1, 0.15) is 30.3 Å². The highest BCUT2D eigenvalue weighted by atomic mass is 32.1. The molecule has 1 aliphatic carbocycles. The zero-order chi connectivity index (χ0) is 18.9. The predicted molar refractivity (Wildman–Crippen MR) is 102 cm³/mol. The monoisotopic (exact) mass is 385 g/mol. The van der Waals surface area contributed by atoms with Crippen LogP contribution in [0.5, 0.6) is 0 Å². The summed E-state index contributed by atoms with van der Waals surface area (Å²) in [6, 6.07) is 3.08. The van der Waals surface area contributed by atoms with Gasteiger partial charge < -0.3 is 11.1 Å². The Kier molecular flexibility index (Phi) is 4.79. The normalized spacial score (nSPS) is 21.7. The molecule has 3 aromatic heterocycles. The molecule has 0 amide bonds. The first-order valence-electron chi connectivity index (χ1n) is 8.79. The number of nitrogens with two attached hydrogens (primary N) is 1. The first-order valence-corrected chi connectivity index (χ1v) is 9.61. The van der Waals surface area contributed by atoms with Gasteiger partial charge in [-0.1, -0.05) is 6.92 Å². The second-order valence-electron chi connectivity index (χ2n) is 6.98. The van der Waals surface area contributed by atoms with Crippen molar-refractivity contribution in [2.75, 3.05) is 11.9 Å². The number of nitrogens with one attached hydrogen (secondary N) is 1.